The number of halogens is 2. The molecule has 0 aliphatic carbocycles. The predicted octanol–water partition coefficient (Wildman–Crippen LogP) is 2.84. The molecule has 0 fully saturated rings. The average Bonchev–Trinajstić information content (AvgIpc) is 2.29. The molecule has 2 rings (SSSR count). The largest absolute Gasteiger partial charge is 0.479 e. The van der Waals surface area contributed by atoms with Crippen molar-refractivity contribution in [2.24, 2.45) is 0 Å². The topological polar surface area (TPSA) is 22.1 Å². The summed E-state index contributed by atoms with van der Waals surface area (Å²) in [7, 11) is 1.32. The molecule has 0 amide bonds. The maximum Gasteiger partial charge on any atom is 0.250 e. The highest BCUT2D eigenvalue weighted by molar-refractivity contribution is 5.62. The van der Waals surface area contributed by atoms with Gasteiger partial charge in [-0.1, -0.05) is 12.1 Å². The summed E-state index contributed by atoms with van der Waals surface area (Å²) in [5.41, 5.74) is 0.521. The number of ether oxygens (including phenoxy) is 1. The molecule has 0 bridgehead atoms. The molecule has 0 unspecified atom stereocenters. The Bertz CT molecular complexity index is 514. The molecule has 0 spiro atoms. The van der Waals surface area contributed by atoms with E-state index in [2.05, 4.69) is 15.8 Å². The van der Waals surface area contributed by atoms with Crippen molar-refractivity contribution in [2.45, 2.75) is 0 Å². The van der Waals surface area contributed by atoms with E-state index < -0.39 is 11.6 Å². The number of benzene rings is 1. The van der Waals surface area contributed by atoms with Crippen LogP contribution in [0.4, 0.5) is 8.78 Å². The molecule has 0 saturated heterocycles. The number of hydrogen-bond acceptors (Lipinski definition) is 2. The summed E-state index contributed by atoms with van der Waals surface area (Å²) in [5, 5.41) is 0. The fraction of sp³-hybridized carbons (Fsp3) is 0.0833. The highest BCUT2D eigenvalue weighted by atomic mass is 19.1. The zero-order valence-corrected chi connectivity index (χ0v) is 8.50. The van der Waals surface area contributed by atoms with Crippen molar-refractivity contribution in [2.75, 3.05) is 7.11 Å². The van der Waals surface area contributed by atoms with Crippen molar-refractivity contribution in [1.29, 1.82) is 0 Å². The van der Waals surface area contributed by atoms with Gasteiger partial charge in [0.05, 0.1) is 7.11 Å². The Morgan fingerprint density at radius 1 is 1.31 bits per heavy atom. The van der Waals surface area contributed by atoms with Crippen LogP contribution in [-0.4, -0.2) is 12.1 Å². The number of rotatable bonds is 2. The molecular weight excluding hydrogens is 212 g/mol. The predicted molar refractivity (Wildman–Crippen MR) is 55.0 cm³/mol. The monoisotopic (exact) mass is 220 g/mol. The lowest BCUT2D eigenvalue weighted by Crippen LogP contribution is -1.93. The molecule has 1 aromatic heterocycles. The quantitative estimate of drug-likeness (QED) is 0.776. The second-order valence-corrected chi connectivity index (χ2v) is 3.11. The van der Waals surface area contributed by atoms with E-state index in [1.54, 1.807) is 6.07 Å². The zero-order chi connectivity index (χ0) is 11.5. The lowest BCUT2D eigenvalue weighted by Gasteiger charge is -2.04. The van der Waals surface area contributed by atoms with Gasteiger partial charge < -0.3 is 4.74 Å². The van der Waals surface area contributed by atoms with Crippen LogP contribution < -0.4 is 4.74 Å². The van der Waals surface area contributed by atoms with E-state index in [9.17, 15) is 8.78 Å². The van der Waals surface area contributed by atoms with Crippen molar-refractivity contribution < 1.29 is 13.5 Å². The fourth-order valence-corrected chi connectivity index (χ4v) is 1.35. The minimum Gasteiger partial charge on any atom is -0.479 e. The van der Waals surface area contributed by atoms with Gasteiger partial charge in [-0.2, -0.15) is 0 Å². The molecular formula is C12H8F2NO. The number of methoxy groups -OCH3 is 1. The lowest BCUT2D eigenvalue weighted by molar-refractivity contribution is 0.369. The molecule has 0 atom stereocenters. The summed E-state index contributed by atoms with van der Waals surface area (Å²) in [5.74, 6) is -1.20. The fourth-order valence-electron chi connectivity index (χ4n) is 1.35. The maximum absolute atomic E-state index is 13.4. The first-order valence-corrected chi connectivity index (χ1v) is 4.58. The summed E-state index contributed by atoms with van der Waals surface area (Å²) in [6.07, 6.45) is 1.34. The van der Waals surface area contributed by atoms with E-state index in [4.69, 9.17) is 0 Å². The van der Waals surface area contributed by atoms with E-state index in [1.807, 2.05) is 0 Å². The van der Waals surface area contributed by atoms with Crippen LogP contribution in [0.15, 0.2) is 30.5 Å². The van der Waals surface area contributed by atoms with Crippen molar-refractivity contribution in [3.8, 4) is 17.0 Å². The maximum atomic E-state index is 13.4. The molecule has 1 radical (unpaired) electrons. The second kappa shape index (κ2) is 4.26. The van der Waals surface area contributed by atoms with Crippen LogP contribution in [0, 0.1) is 17.7 Å². The van der Waals surface area contributed by atoms with Gasteiger partial charge in [0.15, 0.2) is 5.82 Å². The third-order valence-electron chi connectivity index (χ3n) is 2.09. The van der Waals surface area contributed by atoms with Gasteiger partial charge in [0.2, 0.25) is 5.88 Å². The van der Waals surface area contributed by atoms with E-state index in [0.717, 1.165) is 0 Å². The number of aromatic nitrogens is 1. The highest BCUT2D eigenvalue weighted by Crippen LogP contribution is 2.24. The molecule has 16 heavy (non-hydrogen) atoms. The van der Waals surface area contributed by atoms with Gasteiger partial charge in [-0.25, -0.2) is 13.8 Å². The van der Waals surface area contributed by atoms with Gasteiger partial charge in [0, 0.05) is 17.3 Å². The SMILES string of the molecule is COc1ncc(-c2[c]cccc2F)cc1F. The van der Waals surface area contributed by atoms with Crippen LogP contribution in [0.2, 0.25) is 0 Å². The number of hydrogen-bond donors (Lipinski definition) is 0. The first kappa shape index (κ1) is 10.5. The number of nitrogens with zero attached hydrogens (tertiary/aromatic N) is 1. The van der Waals surface area contributed by atoms with Crippen molar-refractivity contribution in [1.82, 2.24) is 4.98 Å². The summed E-state index contributed by atoms with van der Waals surface area (Å²) in [6.45, 7) is 0. The Balaban J connectivity index is 2.50. The third-order valence-corrected chi connectivity index (χ3v) is 2.09. The molecule has 0 aliphatic heterocycles. The molecule has 0 aliphatic rings. The lowest BCUT2D eigenvalue weighted by atomic mass is 10.1. The molecule has 2 aromatic rings. The van der Waals surface area contributed by atoms with Gasteiger partial charge in [-0.15, -0.1) is 0 Å². The van der Waals surface area contributed by atoms with E-state index in [-0.39, 0.29) is 11.4 Å². The van der Waals surface area contributed by atoms with E-state index >= 15 is 0 Å². The van der Waals surface area contributed by atoms with E-state index in [0.29, 0.717) is 5.56 Å². The van der Waals surface area contributed by atoms with Crippen molar-refractivity contribution in [3.63, 3.8) is 0 Å². The van der Waals surface area contributed by atoms with Gasteiger partial charge in [-0.05, 0) is 18.2 Å². The Hall–Kier alpha value is -1.97. The second-order valence-electron chi connectivity index (χ2n) is 3.11. The molecule has 1 aromatic carbocycles. The average molecular weight is 220 g/mol. The first-order valence-electron chi connectivity index (χ1n) is 4.58. The number of pyridine rings is 1. The summed E-state index contributed by atoms with van der Waals surface area (Å²) in [4.78, 5) is 3.73. The molecule has 81 valence electrons. The van der Waals surface area contributed by atoms with Crippen LogP contribution in [0.3, 0.4) is 0 Å². The van der Waals surface area contributed by atoms with Gasteiger partial charge in [-0.3, -0.25) is 0 Å². The standard InChI is InChI=1S/C12H8F2NO/c1-16-12-11(14)6-8(7-15-12)9-4-2-3-5-10(9)13/h2-3,5-7H,1H3. The Morgan fingerprint density at radius 2 is 2.12 bits per heavy atom. The summed E-state index contributed by atoms with van der Waals surface area (Å²) < 4.78 is 31.4. The van der Waals surface area contributed by atoms with Crippen LogP contribution in [0.25, 0.3) is 11.1 Å². The smallest absolute Gasteiger partial charge is 0.250 e. The summed E-state index contributed by atoms with van der Waals surface area (Å²) >= 11 is 0. The third kappa shape index (κ3) is 1.86. The summed E-state index contributed by atoms with van der Waals surface area (Å²) in [6, 6.07) is 8.22. The molecule has 0 N–H and O–H groups in total. The minimum atomic E-state index is -0.628. The minimum absolute atomic E-state index is 0.111. The van der Waals surface area contributed by atoms with Crippen LogP contribution in [0.1, 0.15) is 0 Å². The van der Waals surface area contributed by atoms with E-state index in [1.165, 1.54) is 31.5 Å². The Labute approximate surface area is 91.5 Å². The first-order chi connectivity index (χ1) is 7.72. The van der Waals surface area contributed by atoms with Crippen LogP contribution in [-0.2, 0) is 0 Å². The van der Waals surface area contributed by atoms with Crippen molar-refractivity contribution >= 4 is 0 Å². The van der Waals surface area contributed by atoms with Gasteiger partial charge in [0.25, 0.3) is 0 Å². The molecule has 1 heterocycles. The van der Waals surface area contributed by atoms with Crippen LogP contribution in [0.5, 0.6) is 5.88 Å². The van der Waals surface area contributed by atoms with Crippen molar-refractivity contribution in [3.05, 3.63) is 48.2 Å². The van der Waals surface area contributed by atoms with Gasteiger partial charge in [0.1, 0.15) is 5.82 Å². The molecule has 2 nitrogen and oxygen atoms in total. The van der Waals surface area contributed by atoms with Gasteiger partial charge >= 0.3 is 0 Å². The zero-order valence-electron chi connectivity index (χ0n) is 8.50. The highest BCUT2D eigenvalue weighted by Gasteiger charge is 2.09. The van der Waals surface area contributed by atoms with Crippen LogP contribution >= 0.6 is 0 Å². The molecule has 4 heteroatoms. The Morgan fingerprint density at radius 3 is 2.75 bits per heavy atom. The Kier molecular flexibility index (Phi) is 2.81. The normalized spacial score (nSPS) is 10.2. The molecule has 0 saturated carbocycles.